The topological polar surface area (TPSA) is 75.6 Å². The predicted octanol–water partition coefficient (Wildman–Crippen LogP) is 4.55. The van der Waals surface area contributed by atoms with Gasteiger partial charge < -0.3 is 4.74 Å². The Morgan fingerprint density at radius 3 is 2.34 bits per heavy atom. The molecule has 1 saturated heterocycles. The van der Waals surface area contributed by atoms with Gasteiger partial charge in [-0.2, -0.15) is 9.29 Å². The summed E-state index contributed by atoms with van der Waals surface area (Å²) in [6.07, 6.45) is 5.91. The number of sulfonamides is 1. The molecule has 2 aromatic carbocycles. The van der Waals surface area contributed by atoms with Gasteiger partial charge in [-0.25, -0.2) is 17.8 Å². The van der Waals surface area contributed by atoms with E-state index in [1.165, 1.54) is 47.8 Å². The van der Waals surface area contributed by atoms with E-state index in [0.29, 0.717) is 37.9 Å². The van der Waals surface area contributed by atoms with E-state index in [-0.39, 0.29) is 17.0 Å². The first-order chi connectivity index (χ1) is 16.9. The number of rotatable bonds is 6. The average molecular weight is 499 g/mol. The molecule has 1 saturated carbocycles. The van der Waals surface area contributed by atoms with Gasteiger partial charge in [0.1, 0.15) is 17.7 Å². The molecule has 1 atom stereocenters. The summed E-state index contributed by atoms with van der Waals surface area (Å²) in [7, 11) is -3.66. The third-order valence-electron chi connectivity index (χ3n) is 7.06. The molecule has 2 heterocycles. The first kappa shape index (κ1) is 24.1. The van der Waals surface area contributed by atoms with E-state index in [4.69, 9.17) is 14.7 Å². The molecule has 0 N–H and O–H groups in total. The second-order valence-corrected chi connectivity index (χ2v) is 11.3. The van der Waals surface area contributed by atoms with Crippen molar-refractivity contribution in [3.05, 3.63) is 60.2 Å². The third kappa shape index (κ3) is 5.17. The fourth-order valence-electron chi connectivity index (χ4n) is 4.93. The highest BCUT2D eigenvalue weighted by molar-refractivity contribution is 7.89. The normalized spacial score (nSPS) is 19.6. The van der Waals surface area contributed by atoms with Gasteiger partial charge in [-0.3, -0.25) is 4.90 Å². The van der Waals surface area contributed by atoms with E-state index in [1.807, 2.05) is 24.3 Å². The quantitative estimate of drug-likeness (QED) is 0.496. The lowest BCUT2D eigenvalue weighted by molar-refractivity contribution is 0.135. The Bertz CT molecular complexity index is 1270. The number of hydrogen-bond acceptors (Lipinski definition) is 6. The van der Waals surface area contributed by atoms with Gasteiger partial charge in [0.2, 0.25) is 15.9 Å². The highest BCUT2D eigenvalue weighted by Gasteiger charge is 2.31. The monoisotopic (exact) mass is 498 g/mol. The van der Waals surface area contributed by atoms with Crippen LogP contribution in [0.15, 0.2) is 53.4 Å². The fourth-order valence-corrected chi connectivity index (χ4v) is 6.35. The number of hydrogen-bond donors (Lipinski definition) is 0. The van der Waals surface area contributed by atoms with E-state index in [1.54, 1.807) is 0 Å². The standard InChI is InChI=1S/C26H31FN4O3S/c1-19(30-15-17-31(18-16-30)35(32,33)22-13-11-20(27)12-14-22)25-28-24-10-6-5-9-23(24)26(29-25)34-21-7-3-2-4-8-21/h5-6,9-14,19,21H,2-4,7-8,15-18H2,1H3/t19-/m0/s1. The average Bonchev–Trinajstić information content (AvgIpc) is 2.89. The number of nitrogens with zero attached hydrogens (tertiary/aromatic N) is 4. The minimum absolute atomic E-state index is 0.0935. The zero-order valence-corrected chi connectivity index (χ0v) is 20.8. The molecular weight excluding hydrogens is 467 g/mol. The molecule has 3 aromatic rings. The van der Waals surface area contributed by atoms with Crippen LogP contribution in [0, 0.1) is 5.82 Å². The van der Waals surface area contributed by atoms with E-state index >= 15 is 0 Å². The summed E-state index contributed by atoms with van der Waals surface area (Å²) in [5.74, 6) is 0.871. The molecule has 5 rings (SSSR count). The van der Waals surface area contributed by atoms with Gasteiger partial charge in [-0.15, -0.1) is 0 Å². The van der Waals surface area contributed by atoms with Crippen molar-refractivity contribution in [1.29, 1.82) is 0 Å². The van der Waals surface area contributed by atoms with Crippen LogP contribution in [0.4, 0.5) is 4.39 Å². The fraction of sp³-hybridized carbons (Fsp3) is 0.462. The molecule has 1 aromatic heterocycles. The summed E-state index contributed by atoms with van der Waals surface area (Å²) in [5, 5.41) is 0.921. The largest absolute Gasteiger partial charge is 0.474 e. The molecule has 35 heavy (non-hydrogen) atoms. The predicted molar refractivity (Wildman–Crippen MR) is 132 cm³/mol. The Morgan fingerprint density at radius 2 is 1.63 bits per heavy atom. The summed E-state index contributed by atoms with van der Waals surface area (Å²) >= 11 is 0. The zero-order chi connectivity index (χ0) is 24.4. The molecule has 2 fully saturated rings. The van der Waals surface area contributed by atoms with Crippen LogP contribution in [0.25, 0.3) is 10.9 Å². The maximum Gasteiger partial charge on any atom is 0.243 e. The van der Waals surface area contributed by atoms with Crippen molar-refractivity contribution in [3.63, 3.8) is 0 Å². The van der Waals surface area contributed by atoms with Crippen molar-refractivity contribution in [1.82, 2.24) is 19.2 Å². The molecule has 0 radical (unpaired) electrons. The van der Waals surface area contributed by atoms with Crippen molar-refractivity contribution in [2.24, 2.45) is 0 Å². The van der Waals surface area contributed by atoms with E-state index < -0.39 is 15.8 Å². The smallest absolute Gasteiger partial charge is 0.243 e. The van der Waals surface area contributed by atoms with Crippen molar-refractivity contribution in [2.75, 3.05) is 26.2 Å². The van der Waals surface area contributed by atoms with Crippen LogP contribution in [0.3, 0.4) is 0 Å². The molecule has 7 nitrogen and oxygen atoms in total. The number of aromatic nitrogens is 2. The molecule has 1 aliphatic heterocycles. The highest BCUT2D eigenvalue weighted by Crippen LogP contribution is 2.30. The van der Waals surface area contributed by atoms with Crippen molar-refractivity contribution >= 4 is 20.9 Å². The molecular formula is C26H31FN4O3S. The van der Waals surface area contributed by atoms with Crippen LogP contribution in [-0.2, 0) is 10.0 Å². The van der Waals surface area contributed by atoms with Crippen LogP contribution >= 0.6 is 0 Å². The van der Waals surface area contributed by atoms with Crippen LogP contribution in [0.2, 0.25) is 0 Å². The van der Waals surface area contributed by atoms with Crippen LogP contribution in [0.1, 0.15) is 50.9 Å². The summed E-state index contributed by atoms with van der Waals surface area (Å²) in [6.45, 7) is 3.86. The minimum atomic E-state index is -3.66. The molecule has 186 valence electrons. The van der Waals surface area contributed by atoms with Crippen LogP contribution in [0.5, 0.6) is 5.88 Å². The van der Waals surface area contributed by atoms with Crippen LogP contribution < -0.4 is 4.74 Å². The molecule has 9 heteroatoms. The van der Waals surface area contributed by atoms with E-state index in [2.05, 4.69) is 11.8 Å². The Morgan fingerprint density at radius 1 is 0.943 bits per heavy atom. The second-order valence-electron chi connectivity index (χ2n) is 9.35. The zero-order valence-electron chi connectivity index (χ0n) is 19.9. The third-order valence-corrected chi connectivity index (χ3v) is 8.97. The number of benzene rings is 2. The first-order valence-corrected chi connectivity index (χ1v) is 13.8. The molecule has 1 aliphatic carbocycles. The maximum atomic E-state index is 13.2. The lowest BCUT2D eigenvalue weighted by Crippen LogP contribution is -2.49. The summed E-state index contributed by atoms with van der Waals surface area (Å²) in [6, 6.07) is 12.8. The van der Waals surface area contributed by atoms with Gasteiger partial charge in [-0.1, -0.05) is 18.6 Å². The van der Waals surface area contributed by atoms with Gasteiger partial charge in [-0.05, 0) is 69.0 Å². The number of ether oxygens (including phenoxy) is 1. The van der Waals surface area contributed by atoms with Gasteiger partial charge in [0.05, 0.1) is 21.8 Å². The number of piperazine rings is 1. The Kier molecular flexibility index (Phi) is 7.00. The van der Waals surface area contributed by atoms with Crippen LogP contribution in [-0.4, -0.2) is 59.9 Å². The molecule has 0 amide bonds. The SMILES string of the molecule is C[C@@H](c1nc(OC2CCCCC2)c2ccccc2n1)N1CCN(S(=O)(=O)c2ccc(F)cc2)CC1. The molecule has 0 unspecified atom stereocenters. The van der Waals surface area contributed by atoms with E-state index in [0.717, 1.165) is 23.7 Å². The minimum Gasteiger partial charge on any atom is -0.474 e. The summed E-state index contributed by atoms with van der Waals surface area (Å²) in [5.41, 5.74) is 0.854. The highest BCUT2D eigenvalue weighted by atomic mass is 32.2. The summed E-state index contributed by atoms with van der Waals surface area (Å²) in [4.78, 5) is 12.0. The number of halogens is 1. The van der Waals surface area contributed by atoms with Crippen molar-refractivity contribution in [3.8, 4) is 5.88 Å². The lowest BCUT2D eigenvalue weighted by Gasteiger charge is -2.37. The molecule has 0 bridgehead atoms. The molecule has 0 spiro atoms. The Hall–Kier alpha value is -2.62. The first-order valence-electron chi connectivity index (χ1n) is 12.3. The maximum absolute atomic E-state index is 13.2. The van der Waals surface area contributed by atoms with Crippen molar-refractivity contribution < 1.29 is 17.5 Å². The second kappa shape index (κ2) is 10.2. The van der Waals surface area contributed by atoms with Gasteiger partial charge in [0.15, 0.2) is 0 Å². The van der Waals surface area contributed by atoms with Gasteiger partial charge in [0, 0.05) is 26.2 Å². The molecule has 2 aliphatic rings. The lowest BCUT2D eigenvalue weighted by atomic mass is 9.98. The van der Waals surface area contributed by atoms with Gasteiger partial charge >= 0.3 is 0 Å². The van der Waals surface area contributed by atoms with Gasteiger partial charge in [0.25, 0.3) is 0 Å². The van der Waals surface area contributed by atoms with E-state index in [9.17, 15) is 12.8 Å². The number of fused-ring (bicyclic) bond motifs is 1. The number of para-hydroxylation sites is 1. The van der Waals surface area contributed by atoms with Crippen molar-refractivity contribution in [2.45, 2.75) is 56.1 Å². The Labute approximate surface area is 206 Å². The Balaban J connectivity index is 1.32. The summed E-state index contributed by atoms with van der Waals surface area (Å²) < 4.78 is 47.0.